The monoisotopic (exact) mass is 396 g/mol. The molecule has 1 amide bonds. The first kappa shape index (κ1) is 18.5. The van der Waals surface area contributed by atoms with Crippen molar-refractivity contribution in [3.63, 3.8) is 0 Å². The molecule has 1 aromatic carbocycles. The van der Waals surface area contributed by atoms with Crippen molar-refractivity contribution in [1.82, 2.24) is 15.2 Å². The molecule has 3 heterocycles. The number of ether oxygens (including phenoxy) is 1. The van der Waals surface area contributed by atoms with Gasteiger partial charge in [-0.05, 0) is 24.6 Å². The summed E-state index contributed by atoms with van der Waals surface area (Å²) >= 11 is 1.54. The van der Waals surface area contributed by atoms with Crippen molar-refractivity contribution in [1.29, 1.82) is 0 Å². The Hall–Kier alpha value is -2.87. The number of unbranched alkanes of at least 4 members (excludes halogenated alkanes) is 1. The number of rotatable bonds is 5. The highest BCUT2D eigenvalue weighted by Gasteiger charge is 2.35. The van der Waals surface area contributed by atoms with E-state index in [9.17, 15) is 4.79 Å². The molecular weight excluding hydrogens is 376 g/mol. The smallest absolute Gasteiger partial charge is 0.247 e. The molecule has 1 atom stereocenters. The maximum atomic E-state index is 12.6. The maximum Gasteiger partial charge on any atom is 0.247 e. The topological polar surface area (TPSA) is 81.3 Å². The molecule has 1 aliphatic rings. The molecule has 28 heavy (non-hydrogen) atoms. The maximum absolute atomic E-state index is 12.6. The molecule has 4 rings (SSSR count). The van der Waals surface area contributed by atoms with Crippen molar-refractivity contribution in [3.05, 3.63) is 48.4 Å². The zero-order chi connectivity index (χ0) is 19.5. The molecule has 0 N–H and O–H groups in total. The number of furan rings is 1. The highest BCUT2D eigenvalue weighted by molar-refractivity contribution is 7.99. The van der Waals surface area contributed by atoms with Gasteiger partial charge < -0.3 is 9.15 Å². The Morgan fingerprint density at radius 1 is 1.21 bits per heavy atom. The molecule has 0 spiro atoms. The minimum Gasteiger partial charge on any atom is -0.463 e. The van der Waals surface area contributed by atoms with Crippen LogP contribution >= 0.6 is 11.8 Å². The molecule has 7 nitrogen and oxygen atoms in total. The van der Waals surface area contributed by atoms with E-state index in [0.717, 1.165) is 24.2 Å². The summed E-state index contributed by atoms with van der Waals surface area (Å²) in [5.74, 6) is 1.59. The van der Waals surface area contributed by atoms with E-state index in [0.29, 0.717) is 28.2 Å². The predicted molar refractivity (Wildman–Crippen MR) is 106 cm³/mol. The number of nitrogens with zero attached hydrogens (tertiary/aromatic N) is 4. The summed E-state index contributed by atoms with van der Waals surface area (Å²) in [5.41, 5.74) is 1.93. The van der Waals surface area contributed by atoms with Gasteiger partial charge in [0.15, 0.2) is 11.5 Å². The molecule has 0 radical (unpaired) electrons. The number of hydrogen-bond acceptors (Lipinski definition) is 7. The second-order valence-corrected chi connectivity index (χ2v) is 7.40. The lowest BCUT2D eigenvalue weighted by Crippen LogP contribution is -2.35. The van der Waals surface area contributed by atoms with Crippen molar-refractivity contribution in [3.8, 4) is 17.1 Å². The Bertz CT molecular complexity index is 977. The summed E-state index contributed by atoms with van der Waals surface area (Å²) < 4.78 is 11.7. The molecule has 2 aromatic heterocycles. The van der Waals surface area contributed by atoms with Crippen molar-refractivity contribution in [2.75, 3.05) is 10.7 Å². The Labute approximate surface area is 167 Å². The van der Waals surface area contributed by atoms with E-state index >= 15 is 0 Å². The number of para-hydroxylation sites is 1. The molecule has 8 heteroatoms. The van der Waals surface area contributed by atoms with E-state index < -0.39 is 6.23 Å². The van der Waals surface area contributed by atoms with Gasteiger partial charge in [-0.2, -0.15) is 4.98 Å². The Balaban J connectivity index is 1.83. The lowest BCUT2D eigenvalue weighted by atomic mass is 10.1. The van der Waals surface area contributed by atoms with E-state index in [4.69, 9.17) is 9.15 Å². The molecule has 0 saturated heterocycles. The summed E-state index contributed by atoms with van der Waals surface area (Å²) in [7, 11) is 0. The number of amides is 1. The van der Waals surface area contributed by atoms with Crippen molar-refractivity contribution < 1.29 is 13.9 Å². The van der Waals surface area contributed by atoms with Gasteiger partial charge in [-0.3, -0.25) is 9.69 Å². The van der Waals surface area contributed by atoms with Crippen molar-refractivity contribution in [2.24, 2.45) is 0 Å². The highest BCUT2D eigenvalue weighted by atomic mass is 32.2. The third-order valence-corrected chi connectivity index (χ3v) is 5.29. The highest BCUT2D eigenvalue weighted by Crippen LogP contribution is 2.43. The van der Waals surface area contributed by atoms with Gasteiger partial charge in [0.25, 0.3) is 0 Å². The molecule has 0 fully saturated rings. The quantitative estimate of drug-likeness (QED) is 0.465. The van der Waals surface area contributed by atoms with Gasteiger partial charge in [0, 0.05) is 18.2 Å². The molecule has 0 saturated carbocycles. The summed E-state index contributed by atoms with van der Waals surface area (Å²) in [6.45, 7) is 3.64. The largest absolute Gasteiger partial charge is 0.463 e. The van der Waals surface area contributed by atoms with Gasteiger partial charge in [0.1, 0.15) is 0 Å². The number of anilines is 1. The SMILES string of the molecule is CCCCSc1nnc2c(n1)O[C@H](c1ccco1)N(C(C)=O)c1ccccc1-2. The van der Waals surface area contributed by atoms with Crippen LogP contribution in [0.1, 0.15) is 38.7 Å². The number of carbonyl (C=O) groups is 1. The lowest BCUT2D eigenvalue weighted by molar-refractivity contribution is -0.118. The molecule has 0 bridgehead atoms. The fourth-order valence-electron chi connectivity index (χ4n) is 3.04. The first-order chi connectivity index (χ1) is 13.7. The average Bonchev–Trinajstić information content (AvgIpc) is 3.18. The van der Waals surface area contributed by atoms with Crippen LogP contribution in [0.4, 0.5) is 5.69 Å². The van der Waals surface area contributed by atoms with Gasteiger partial charge in [-0.25, -0.2) is 0 Å². The predicted octanol–water partition coefficient (Wildman–Crippen LogP) is 4.47. The number of benzene rings is 1. The molecule has 3 aromatic rings. The van der Waals surface area contributed by atoms with Gasteiger partial charge in [0.05, 0.1) is 12.0 Å². The molecular formula is C20H20N4O3S. The van der Waals surface area contributed by atoms with Crippen LogP contribution in [0.25, 0.3) is 11.3 Å². The Morgan fingerprint density at radius 3 is 2.82 bits per heavy atom. The molecule has 144 valence electrons. The van der Waals surface area contributed by atoms with Crippen LogP contribution in [0, 0.1) is 0 Å². The van der Waals surface area contributed by atoms with Crippen LogP contribution in [0.15, 0.2) is 52.2 Å². The van der Waals surface area contributed by atoms with E-state index in [2.05, 4.69) is 22.1 Å². The minimum atomic E-state index is -0.778. The van der Waals surface area contributed by atoms with Gasteiger partial charge >= 0.3 is 0 Å². The van der Waals surface area contributed by atoms with Crippen LogP contribution in [0.5, 0.6) is 5.88 Å². The number of carbonyl (C=O) groups excluding carboxylic acids is 1. The zero-order valence-electron chi connectivity index (χ0n) is 15.7. The summed E-state index contributed by atoms with van der Waals surface area (Å²) in [6, 6.07) is 11.0. The fourth-order valence-corrected chi connectivity index (χ4v) is 3.90. The third-order valence-electron chi connectivity index (χ3n) is 4.37. The van der Waals surface area contributed by atoms with Gasteiger partial charge in [-0.15, -0.1) is 10.2 Å². The summed E-state index contributed by atoms with van der Waals surface area (Å²) in [4.78, 5) is 18.7. The van der Waals surface area contributed by atoms with Crippen LogP contribution in [-0.2, 0) is 4.79 Å². The number of aromatic nitrogens is 3. The van der Waals surface area contributed by atoms with Crippen molar-refractivity contribution in [2.45, 2.75) is 38.1 Å². The standard InChI is InChI=1S/C20H20N4O3S/c1-3-4-12-28-20-21-18-17(22-23-20)14-8-5-6-9-15(14)24(13(2)25)19(27-18)16-10-7-11-26-16/h5-11,19H,3-4,12H2,1-2H3/t19-/m1/s1. The third kappa shape index (κ3) is 3.47. The molecule has 0 aliphatic carbocycles. The van der Waals surface area contributed by atoms with E-state index in [1.54, 1.807) is 35.1 Å². The van der Waals surface area contributed by atoms with Crippen LogP contribution in [0.3, 0.4) is 0 Å². The van der Waals surface area contributed by atoms with Gasteiger partial charge in [-0.1, -0.05) is 43.3 Å². The van der Waals surface area contributed by atoms with Crippen LogP contribution in [-0.4, -0.2) is 26.8 Å². The average molecular weight is 396 g/mol. The number of fused-ring (bicyclic) bond motifs is 3. The van der Waals surface area contributed by atoms with Crippen LogP contribution in [0.2, 0.25) is 0 Å². The minimum absolute atomic E-state index is 0.174. The first-order valence-corrected chi connectivity index (χ1v) is 10.1. The van der Waals surface area contributed by atoms with Gasteiger partial charge in [0.2, 0.25) is 23.2 Å². The normalized spacial score (nSPS) is 15.4. The fraction of sp³-hybridized carbons (Fsp3) is 0.300. The van der Waals surface area contributed by atoms with E-state index in [-0.39, 0.29) is 5.91 Å². The second kappa shape index (κ2) is 8.02. The Morgan fingerprint density at radius 2 is 2.07 bits per heavy atom. The summed E-state index contributed by atoms with van der Waals surface area (Å²) in [5, 5.41) is 9.19. The first-order valence-electron chi connectivity index (χ1n) is 9.15. The lowest BCUT2D eigenvalue weighted by Gasteiger charge is -2.28. The molecule has 1 aliphatic heterocycles. The Kier molecular flexibility index (Phi) is 5.29. The van der Waals surface area contributed by atoms with E-state index in [1.165, 1.54) is 6.92 Å². The number of thioether (sulfide) groups is 1. The number of hydrogen-bond donors (Lipinski definition) is 0. The second-order valence-electron chi connectivity index (χ2n) is 6.34. The zero-order valence-corrected chi connectivity index (χ0v) is 16.5. The van der Waals surface area contributed by atoms with Crippen LogP contribution < -0.4 is 9.64 Å². The van der Waals surface area contributed by atoms with E-state index in [1.807, 2.05) is 24.3 Å². The van der Waals surface area contributed by atoms with Crippen molar-refractivity contribution >= 4 is 23.4 Å². The molecule has 0 unspecified atom stereocenters. The summed E-state index contributed by atoms with van der Waals surface area (Å²) in [6.07, 6.45) is 2.95.